The zero-order valence-corrected chi connectivity index (χ0v) is 8.42. The minimum Gasteiger partial charge on any atom is -0.322 e. The third-order valence-electron chi connectivity index (χ3n) is 1.43. The monoisotopic (exact) mass is 195 g/mol. The lowest BCUT2D eigenvalue weighted by Crippen LogP contribution is -2.03. The zero-order chi connectivity index (χ0) is 9.52. The molecule has 0 aliphatic heterocycles. The van der Waals surface area contributed by atoms with E-state index in [0.29, 0.717) is 5.88 Å². The topological polar surface area (TPSA) is 51.3 Å². The summed E-state index contributed by atoms with van der Waals surface area (Å²) in [5.41, 5.74) is 6.50. The van der Waals surface area contributed by atoms with Gasteiger partial charge in [-0.2, -0.15) is 0 Å². The number of aliphatic imine (C=N–C) groups is 1. The summed E-state index contributed by atoms with van der Waals surface area (Å²) in [7, 11) is 0. The minimum absolute atomic E-state index is 0.549. The van der Waals surface area contributed by atoms with Gasteiger partial charge in [0.1, 0.15) is 5.04 Å². The molecule has 0 radical (unpaired) electrons. The highest BCUT2D eigenvalue weighted by Gasteiger charge is 2.01. The van der Waals surface area contributed by atoms with Crippen molar-refractivity contribution in [2.75, 3.05) is 12.4 Å². The van der Waals surface area contributed by atoms with E-state index in [0.717, 1.165) is 17.2 Å². The molecule has 4 heteroatoms. The van der Waals surface area contributed by atoms with Gasteiger partial charge < -0.3 is 5.73 Å². The van der Waals surface area contributed by atoms with Crippen LogP contribution in [0.25, 0.3) is 0 Å². The van der Waals surface area contributed by atoms with E-state index in [1.807, 2.05) is 19.1 Å². The summed E-state index contributed by atoms with van der Waals surface area (Å²) in [5, 5.41) is 0.970. The maximum Gasteiger partial charge on any atom is 0.100 e. The van der Waals surface area contributed by atoms with Crippen LogP contribution in [0.15, 0.2) is 29.5 Å². The van der Waals surface area contributed by atoms with E-state index in [-0.39, 0.29) is 0 Å². The summed E-state index contributed by atoms with van der Waals surface area (Å²) < 4.78 is 0. The standard InChI is InChI=1S/C9H13N3S/c1-2-12-9(13-7-10)8-4-3-5-11-6-8/h3-6H,2,7,10H2,1H3. The van der Waals surface area contributed by atoms with Crippen LogP contribution >= 0.6 is 11.8 Å². The first-order valence-corrected chi connectivity index (χ1v) is 5.14. The number of pyridine rings is 1. The molecule has 2 N–H and O–H groups in total. The van der Waals surface area contributed by atoms with Gasteiger partial charge in [-0.25, -0.2) is 0 Å². The van der Waals surface area contributed by atoms with E-state index in [1.165, 1.54) is 0 Å². The highest BCUT2D eigenvalue weighted by Crippen LogP contribution is 2.10. The van der Waals surface area contributed by atoms with Crippen molar-refractivity contribution in [2.24, 2.45) is 10.7 Å². The van der Waals surface area contributed by atoms with Crippen LogP contribution in [-0.2, 0) is 0 Å². The smallest absolute Gasteiger partial charge is 0.100 e. The number of nitrogens with two attached hydrogens (primary N) is 1. The molecule has 0 saturated heterocycles. The number of aromatic nitrogens is 1. The number of hydrogen-bond acceptors (Lipinski definition) is 4. The van der Waals surface area contributed by atoms with Gasteiger partial charge in [-0.05, 0) is 19.1 Å². The first-order chi connectivity index (χ1) is 6.38. The summed E-state index contributed by atoms with van der Waals surface area (Å²) >= 11 is 1.54. The molecular formula is C9H13N3S. The molecule has 1 aromatic heterocycles. The van der Waals surface area contributed by atoms with Crippen molar-refractivity contribution in [3.8, 4) is 0 Å². The van der Waals surface area contributed by atoms with Gasteiger partial charge >= 0.3 is 0 Å². The molecule has 0 aliphatic carbocycles. The van der Waals surface area contributed by atoms with E-state index in [1.54, 1.807) is 24.2 Å². The molecule has 3 nitrogen and oxygen atoms in total. The lowest BCUT2D eigenvalue weighted by atomic mass is 10.3. The van der Waals surface area contributed by atoms with E-state index in [4.69, 9.17) is 5.73 Å². The molecule has 0 atom stereocenters. The molecule has 0 aliphatic rings. The Morgan fingerprint density at radius 3 is 3.08 bits per heavy atom. The van der Waals surface area contributed by atoms with Crippen LogP contribution in [0.3, 0.4) is 0 Å². The molecule has 1 aromatic rings. The van der Waals surface area contributed by atoms with Crippen LogP contribution in [0.5, 0.6) is 0 Å². The van der Waals surface area contributed by atoms with Gasteiger partial charge in [-0.3, -0.25) is 9.98 Å². The van der Waals surface area contributed by atoms with Gasteiger partial charge in [0, 0.05) is 30.4 Å². The predicted molar refractivity (Wildman–Crippen MR) is 58.0 cm³/mol. The highest BCUT2D eigenvalue weighted by atomic mass is 32.2. The van der Waals surface area contributed by atoms with Crippen molar-refractivity contribution in [3.05, 3.63) is 30.1 Å². The minimum atomic E-state index is 0.549. The number of rotatable bonds is 3. The Morgan fingerprint density at radius 1 is 1.69 bits per heavy atom. The van der Waals surface area contributed by atoms with Gasteiger partial charge in [0.2, 0.25) is 0 Å². The van der Waals surface area contributed by atoms with E-state index >= 15 is 0 Å². The maximum atomic E-state index is 5.46. The number of hydrogen-bond donors (Lipinski definition) is 1. The fourth-order valence-corrected chi connectivity index (χ4v) is 1.60. The third-order valence-corrected chi connectivity index (χ3v) is 2.24. The highest BCUT2D eigenvalue weighted by molar-refractivity contribution is 8.14. The lowest BCUT2D eigenvalue weighted by molar-refractivity contribution is 1.13. The molecule has 1 heterocycles. The fourth-order valence-electron chi connectivity index (χ4n) is 0.932. The second-order valence-electron chi connectivity index (χ2n) is 2.33. The molecule has 0 aromatic carbocycles. The van der Waals surface area contributed by atoms with Crippen molar-refractivity contribution >= 4 is 16.8 Å². The average Bonchev–Trinajstić information content (AvgIpc) is 2.19. The van der Waals surface area contributed by atoms with Crippen LogP contribution < -0.4 is 5.73 Å². The SMILES string of the molecule is CCN=C(SCN)c1cccnc1. The number of thioether (sulfide) groups is 1. The molecular weight excluding hydrogens is 182 g/mol. The quantitative estimate of drug-likeness (QED) is 0.452. The summed E-state index contributed by atoms with van der Waals surface area (Å²) in [6, 6.07) is 3.89. The molecule has 0 amide bonds. The first-order valence-electron chi connectivity index (χ1n) is 4.16. The second kappa shape index (κ2) is 5.72. The Hall–Kier alpha value is -0.870. The Bertz CT molecular complexity index is 271. The molecule has 0 unspecified atom stereocenters. The first kappa shape index (κ1) is 10.2. The van der Waals surface area contributed by atoms with Gasteiger partial charge in [-0.15, -0.1) is 0 Å². The van der Waals surface area contributed by atoms with Crippen molar-refractivity contribution < 1.29 is 0 Å². The normalized spacial score (nSPS) is 11.7. The van der Waals surface area contributed by atoms with Gasteiger partial charge in [0.25, 0.3) is 0 Å². The van der Waals surface area contributed by atoms with Crippen molar-refractivity contribution in [3.63, 3.8) is 0 Å². The Kier molecular flexibility index (Phi) is 4.49. The van der Waals surface area contributed by atoms with Gasteiger partial charge in [-0.1, -0.05) is 11.8 Å². The molecule has 0 spiro atoms. The molecule has 70 valence electrons. The zero-order valence-electron chi connectivity index (χ0n) is 7.60. The van der Waals surface area contributed by atoms with Crippen molar-refractivity contribution in [1.82, 2.24) is 4.98 Å². The van der Waals surface area contributed by atoms with E-state index in [2.05, 4.69) is 9.98 Å². The summed E-state index contributed by atoms with van der Waals surface area (Å²) in [4.78, 5) is 8.38. The van der Waals surface area contributed by atoms with Crippen molar-refractivity contribution in [1.29, 1.82) is 0 Å². The predicted octanol–water partition coefficient (Wildman–Crippen LogP) is 1.50. The van der Waals surface area contributed by atoms with Crippen LogP contribution in [0.4, 0.5) is 0 Å². The van der Waals surface area contributed by atoms with Crippen LogP contribution in [0, 0.1) is 0 Å². The fraction of sp³-hybridized carbons (Fsp3) is 0.333. The van der Waals surface area contributed by atoms with E-state index < -0.39 is 0 Å². The Balaban J connectivity index is 2.83. The average molecular weight is 195 g/mol. The largest absolute Gasteiger partial charge is 0.322 e. The third kappa shape index (κ3) is 3.16. The van der Waals surface area contributed by atoms with Crippen LogP contribution in [0.2, 0.25) is 0 Å². The van der Waals surface area contributed by atoms with Gasteiger partial charge in [0.15, 0.2) is 0 Å². The molecule has 13 heavy (non-hydrogen) atoms. The van der Waals surface area contributed by atoms with E-state index in [9.17, 15) is 0 Å². The molecule has 1 rings (SSSR count). The maximum absolute atomic E-state index is 5.46. The molecule has 0 bridgehead atoms. The Morgan fingerprint density at radius 2 is 2.54 bits per heavy atom. The van der Waals surface area contributed by atoms with Crippen molar-refractivity contribution in [2.45, 2.75) is 6.92 Å². The lowest BCUT2D eigenvalue weighted by Gasteiger charge is -2.02. The summed E-state index contributed by atoms with van der Waals surface area (Å²) in [6.45, 7) is 2.78. The summed E-state index contributed by atoms with van der Waals surface area (Å²) in [5.74, 6) is 0.549. The Labute approximate surface area is 82.5 Å². The summed E-state index contributed by atoms with van der Waals surface area (Å²) in [6.07, 6.45) is 3.55. The molecule has 0 fully saturated rings. The number of nitrogens with zero attached hydrogens (tertiary/aromatic N) is 2. The van der Waals surface area contributed by atoms with Crippen LogP contribution in [0.1, 0.15) is 12.5 Å². The van der Waals surface area contributed by atoms with Crippen LogP contribution in [-0.4, -0.2) is 22.4 Å². The van der Waals surface area contributed by atoms with Gasteiger partial charge in [0.05, 0.1) is 0 Å². The molecule has 0 saturated carbocycles. The second-order valence-corrected chi connectivity index (χ2v) is 3.34.